The van der Waals surface area contributed by atoms with Gasteiger partial charge in [-0.15, -0.1) is 11.6 Å². The fourth-order valence-electron chi connectivity index (χ4n) is 1.95. The minimum atomic E-state index is 0.391. The van der Waals surface area contributed by atoms with Crippen LogP contribution in [0.1, 0.15) is 23.6 Å². The molecule has 106 valence electrons. The van der Waals surface area contributed by atoms with E-state index in [1.54, 1.807) is 6.20 Å². The molecular weight excluding hydrogens is 274 g/mol. The molecule has 0 aliphatic heterocycles. The Hall–Kier alpha value is -1.74. The highest BCUT2D eigenvalue weighted by molar-refractivity contribution is 6.17. The first-order valence-corrected chi connectivity index (χ1v) is 7.12. The molecule has 20 heavy (non-hydrogen) atoms. The maximum Gasteiger partial charge on any atom is 0.166 e. The standard InChI is InChI=1S/C16H18ClNO2/c1-3-19-15-6-4-5-14(8-17)16(15)20-11-13-7-12(2)9-18-10-13/h4-7,9-10H,3,8,11H2,1-2H3. The molecular formula is C16H18ClNO2. The molecule has 0 saturated heterocycles. The van der Waals surface area contributed by atoms with Crippen LogP contribution in [-0.2, 0) is 12.5 Å². The predicted octanol–water partition coefficient (Wildman–Crippen LogP) is 4.11. The number of hydrogen-bond donors (Lipinski definition) is 0. The van der Waals surface area contributed by atoms with Crippen LogP contribution in [0.4, 0.5) is 0 Å². The van der Waals surface area contributed by atoms with Crippen molar-refractivity contribution >= 4 is 11.6 Å². The molecule has 3 nitrogen and oxygen atoms in total. The number of hydrogen-bond acceptors (Lipinski definition) is 3. The van der Waals surface area contributed by atoms with Crippen LogP contribution in [0.5, 0.6) is 11.5 Å². The minimum absolute atomic E-state index is 0.391. The fourth-order valence-corrected chi connectivity index (χ4v) is 2.16. The average molecular weight is 292 g/mol. The number of para-hydroxylation sites is 1. The smallest absolute Gasteiger partial charge is 0.166 e. The van der Waals surface area contributed by atoms with E-state index in [2.05, 4.69) is 11.1 Å². The Morgan fingerprint density at radius 2 is 2.05 bits per heavy atom. The molecule has 1 aromatic heterocycles. The molecule has 0 N–H and O–H groups in total. The van der Waals surface area contributed by atoms with Gasteiger partial charge < -0.3 is 9.47 Å². The van der Waals surface area contributed by atoms with Gasteiger partial charge in [0.05, 0.1) is 12.5 Å². The van der Waals surface area contributed by atoms with Gasteiger partial charge in [-0.1, -0.05) is 12.1 Å². The summed E-state index contributed by atoms with van der Waals surface area (Å²) in [5.74, 6) is 1.83. The lowest BCUT2D eigenvalue weighted by Crippen LogP contribution is -2.02. The minimum Gasteiger partial charge on any atom is -0.490 e. The summed E-state index contributed by atoms with van der Waals surface area (Å²) < 4.78 is 11.5. The normalized spacial score (nSPS) is 10.3. The summed E-state index contributed by atoms with van der Waals surface area (Å²) in [4.78, 5) is 4.16. The Labute approximate surface area is 124 Å². The number of aromatic nitrogens is 1. The summed E-state index contributed by atoms with van der Waals surface area (Å²) in [6.45, 7) is 4.99. The Morgan fingerprint density at radius 1 is 1.20 bits per heavy atom. The van der Waals surface area contributed by atoms with Crippen molar-refractivity contribution in [1.82, 2.24) is 4.98 Å². The third kappa shape index (κ3) is 3.64. The average Bonchev–Trinajstić information content (AvgIpc) is 2.46. The molecule has 0 atom stereocenters. The molecule has 0 amide bonds. The summed E-state index contributed by atoms with van der Waals surface area (Å²) >= 11 is 5.96. The van der Waals surface area contributed by atoms with Gasteiger partial charge in [0.15, 0.2) is 11.5 Å². The lowest BCUT2D eigenvalue weighted by Gasteiger charge is -2.15. The number of benzene rings is 1. The lowest BCUT2D eigenvalue weighted by atomic mass is 10.2. The number of nitrogens with zero attached hydrogens (tertiary/aromatic N) is 1. The highest BCUT2D eigenvalue weighted by atomic mass is 35.5. The van der Waals surface area contributed by atoms with E-state index in [9.17, 15) is 0 Å². The summed E-state index contributed by atoms with van der Waals surface area (Å²) in [6, 6.07) is 7.81. The molecule has 2 aromatic rings. The summed E-state index contributed by atoms with van der Waals surface area (Å²) in [5.41, 5.74) is 3.07. The summed E-state index contributed by atoms with van der Waals surface area (Å²) in [7, 11) is 0. The van der Waals surface area contributed by atoms with Crippen molar-refractivity contribution in [1.29, 1.82) is 0 Å². The molecule has 2 rings (SSSR count). The number of halogens is 1. The van der Waals surface area contributed by atoms with Gasteiger partial charge in [0, 0.05) is 23.5 Å². The van der Waals surface area contributed by atoms with Crippen LogP contribution in [0.15, 0.2) is 36.7 Å². The van der Waals surface area contributed by atoms with Gasteiger partial charge in [-0.2, -0.15) is 0 Å². The third-order valence-corrected chi connectivity index (χ3v) is 3.11. The van der Waals surface area contributed by atoms with Crippen molar-refractivity contribution in [2.24, 2.45) is 0 Å². The molecule has 4 heteroatoms. The van der Waals surface area contributed by atoms with Gasteiger partial charge in [0.1, 0.15) is 6.61 Å². The van der Waals surface area contributed by atoms with Gasteiger partial charge in [-0.25, -0.2) is 0 Å². The zero-order valence-corrected chi connectivity index (χ0v) is 12.5. The van der Waals surface area contributed by atoms with Gasteiger partial charge >= 0.3 is 0 Å². The Morgan fingerprint density at radius 3 is 2.75 bits per heavy atom. The monoisotopic (exact) mass is 291 g/mol. The first kappa shape index (κ1) is 14.7. The van der Waals surface area contributed by atoms with Gasteiger partial charge in [0.2, 0.25) is 0 Å². The second-order valence-electron chi connectivity index (χ2n) is 4.47. The van der Waals surface area contributed by atoms with Gasteiger partial charge in [-0.05, 0) is 31.5 Å². The highest BCUT2D eigenvalue weighted by Gasteiger charge is 2.10. The topological polar surface area (TPSA) is 31.4 Å². The maximum absolute atomic E-state index is 5.96. The second kappa shape index (κ2) is 7.15. The Balaban J connectivity index is 2.19. The highest BCUT2D eigenvalue weighted by Crippen LogP contribution is 2.33. The zero-order chi connectivity index (χ0) is 14.4. The molecule has 0 bridgehead atoms. The van der Waals surface area contributed by atoms with E-state index in [0.717, 1.165) is 22.4 Å². The van der Waals surface area contributed by atoms with Gasteiger partial charge in [0.25, 0.3) is 0 Å². The van der Waals surface area contributed by atoms with Gasteiger partial charge in [-0.3, -0.25) is 4.98 Å². The van der Waals surface area contributed by atoms with E-state index in [4.69, 9.17) is 21.1 Å². The molecule has 0 aliphatic carbocycles. The molecule has 0 saturated carbocycles. The summed E-state index contributed by atoms with van der Waals surface area (Å²) in [6.07, 6.45) is 3.62. The SMILES string of the molecule is CCOc1cccc(CCl)c1OCc1cncc(C)c1. The number of aryl methyl sites for hydroxylation is 1. The van der Waals surface area contributed by atoms with Crippen molar-refractivity contribution in [3.63, 3.8) is 0 Å². The Bertz CT molecular complexity index is 572. The first-order valence-electron chi connectivity index (χ1n) is 6.58. The predicted molar refractivity (Wildman–Crippen MR) is 80.5 cm³/mol. The van der Waals surface area contributed by atoms with Crippen molar-refractivity contribution < 1.29 is 9.47 Å². The number of ether oxygens (including phenoxy) is 2. The molecule has 0 aliphatic rings. The molecule has 0 spiro atoms. The Kier molecular flexibility index (Phi) is 5.24. The largest absolute Gasteiger partial charge is 0.490 e. The van der Waals surface area contributed by atoms with Crippen LogP contribution in [0, 0.1) is 6.92 Å². The molecule has 1 aromatic carbocycles. The first-order chi connectivity index (χ1) is 9.74. The van der Waals surface area contributed by atoms with E-state index < -0.39 is 0 Å². The molecule has 0 fully saturated rings. The molecule has 0 radical (unpaired) electrons. The lowest BCUT2D eigenvalue weighted by molar-refractivity contribution is 0.267. The molecule has 0 unspecified atom stereocenters. The van der Waals surface area contributed by atoms with Crippen LogP contribution >= 0.6 is 11.6 Å². The van der Waals surface area contributed by atoms with Crippen LogP contribution < -0.4 is 9.47 Å². The third-order valence-electron chi connectivity index (χ3n) is 2.82. The molecule has 1 heterocycles. The fraction of sp³-hybridized carbons (Fsp3) is 0.312. The van der Waals surface area contributed by atoms with E-state index in [1.807, 2.05) is 38.2 Å². The van der Waals surface area contributed by atoms with Crippen molar-refractivity contribution in [3.8, 4) is 11.5 Å². The number of rotatable bonds is 6. The van der Waals surface area contributed by atoms with Crippen LogP contribution in [0.2, 0.25) is 0 Å². The van der Waals surface area contributed by atoms with Crippen molar-refractivity contribution in [3.05, 3.63) is 53.3 Å². The van der Waals surface area contributed by atoms with Crippen molar-refractivity contribution in [2.45, 2.75) is 26.3 Å². The zero-order valence-electron chi connectivity index (χ0n) is 11.7. The number of pyridine rings is 1. The van der Waals surface area contributed by atoms with Crippen LogP contribution in [0.25, 0.3) is 0 Å². The van der Waals surface area contributed by atoms with E-state index in [1.165, 1.54) is 0 Å². The van der Waals surface area contributed by atoms with Crippen molar-refractivity contribution in [2.75, 3.05) is 6.61 Å². The maximum atomic E-state index is 5.96. The second-order valence-corrected chi connectivity index (χ2v) is 4.74. The van der Waals surface area contributed by atoms with Crippen LogP contribution in [-0.4, -0.2) is 11.6 Å². The number of alkyl halides is 1. The van der Waals surface area contributed by atoms with E-state index in [-0.39, 0.29) is 0 Å². The van der Waals surface area contributed by atoms with E-state index >= 15 is 0 Å². The van der Waals surface area contributed by atoms with Crippen LogP contribution in [0.3, 0.4) is 0 Å². The quantitative estimate of drug-likeness (QED) is 0.751. The van der Waals surface area contributed by atoms with E-state index in [0.29, 0.717) is 24.8 Å². The summed E-state index contributed by atoms with van der Waals surface area (Å²) in [5, 5.41) is 0.